The number of hydrogen-bond acceptors (Lipinski definition) is 4. The Morgan fingerprint density at radius 3 is 2.52 bits per heavy atom. The molecular weight excluding hydrogens is 453 g/mol. The van der Waals surface area contributed by atoms with Gasteiger partial charge in [-0.25, -0.2) is 14.7 Å². The number of nitrogens with one attached hydrogen (secondary N) is 1. The van der Waals surface area contributed by atoms with Gasteiger partial charge in [0.2, 0.25) is 0 Å². The Morgan fingerprint density at radius 1 is 0.970 bits per heavy atom. The van der Waals surface area contributed by atoms with E-state index in [9.17, 15) is 22.8 Å². The Bertz CT molecular complexity index is 1370. The molecule has 0 unspecified atom stereocenters. The van der Waals surface area contributed by atoms with Gasteiger partial charge < -0.3 is 4.98 Å². The number of fused-ring (bicyclic) bond motifs is 1. The van der Waals surface area contributed by atoms with E-state index in [2.05, 4.69) is 9.97 Å². The number of H-pyrrole nitrogens is 1. The molecule has 0 radical (unpaired) electrons. The van der Waals surface area contributed by atoms with Gasteiger partial charge in [-0.2, -0.15) is 13.2 Å². The molecule has 166 valence electrons. The Balaban J connectivity index is 1.37. The first-order chi connectivity index (χ1) is 15.8. The van der Waals surface area contributed by atoms with Crippen LogP contribution in [0.3, 0.4) is 0 Å². The predicted octanol–water partition coefficient (Wildman–Crippen LogP) is 5.71. The van der Waals surface area contributed by atoms with Crippen molar-refractivity contribution in [3.63, 3.8) is 0 Å². The number of carbonyl (C=O) groups is 2. The SMILES string of the molecule is O=C1CN(c2cccc(C(F)(F)F)c2)C(=O)N1c1ccc(Sc2ccnc3[nH]ccc23)cc1. The number of alkyl halides is 3. The number of amides is 3. The molecule has 5 rings (SSSR count). The maximum Gasteiger partial charge on any atom is 0.416 e. The highest BCUT2D eigenvalue weighted by atomic mass is 32.2. The van der Waals surface area contributed by atoms with Gasteiger partial charge in [0, 0.05) is 33.3 Å². The number of urea groups is 1. The fourth-order valence-corrected chi connectivity index (χ4v) is 4.55. The smallest absolute Gasteiger partial charge is 0.346 e. The Labute approximate surface area is 190 Å². The summed E-state index contributed by atoms with van der Waals surface area (Å²) in [5.74, 6) is -0.513. The quantitative estimate of drug-likeness (QED) is 0.390. The lowest BCUT2D eigenvalue weighted by atomic mass is 10.2. The normalized spacial score (nSPS) is 14.5. The van der Waals surface area contributed by atoms with Crippen LogP contribution in [0.1, 0.15) is 5.56 Å². The van der Waals surface area contributed by atoms with Crippen LogP contribution in [-0.4, -0.2) is 28.5 Å². The number of hydrogen-bond donors (Lipinski definition) is 1. The maximum atomic E-state index is 13.0. The maximum absolute atomic E-state index is 13.0. The highest BCUT2D eigenvalue weighted by molar-refractivity contribution is 7.99. The molecule has 6 nitrogen and oxygen atoms in total. The zero-order valence-corrected chi connectivity index (χ0v) is 17.7. The fraction of sp³-hybridized carbons (Fsp3) is 0.0870. The number of imide groups is 1. The average molecular weight is 468 g/mol. The van der Waals surface area contributed by atoms with Gasteiger partial charge in [0.15, 0.2) is 0 Å². The van der Waals surface area contributed by atoms with Crippen LogP contribution in [0.15, 0.2) is 82.8 Å². The molecule has 33 heavy (non-hydrogen) atoms. The Morgan fingerprint density at radius 2 is 1.76 bits per heavy atom. The number of nitrogens with zero attached hydrogens (tertiary/aromatic N) is 3. The molecule has 1 fully saturated rings. The van der Waals surface area contributed by atoms with Crippen molar-refractivity contribution in [2.45, 2.75) is 16.0 Å². The molecule has 0 bridgehead atoms. The number of halogens is 3. The van der Waals surface area contributed by atoms with Crippen molar-refractivity contribution < 1.29 is 22.8 Å². The second-order valence-corrected chi connectivity index (χ2v) is 8.41. The number of anilines is 2. The number of rotatable bonds is 4. The minimum Gasteiger partial charge on any atom is -0.346 e. The van der Waals surface area contributed by atoms with Crippen LogP contribution < -0.4 is 9.80 Å². The monoisotopic (exact) mass is 468 g/mol. The van der Waals surface area contributed by atoms with Gasteiger partial charge in [-0.1, -0.05) is 17.8 Å². The lowest BCUT2D eigenvalue weighted by Gasteiger charge is -2.18. The summed E-state index contributed by atoms with van der Waals surface area (Å²) in [4.78, 5) is 36.7. The van der Waals surface area contributed by atoms with Crippen LogP contribution in [0.5, 0.6) is 0 Å². The second kappa shape index (κ2) is 7.96. The molecule has 10 heteroatoms. The lowest BCUT2D eigenvalue weighted by Crippen LogP contribution is -2.33. The minimum absolute atomic E-state index is 0.0195. The summed E-state index contributed by atoms with van der Waals surface area (Å²) >= 11 is 1.51. The molecule has 0 saturated carbocycles. The zero-order valence-electron chi connectivity index (χ0n) is 16.8. The molecule has 1 saturated heterocycles. The van der Waals surface area contributed by atoms with E-state index in [0.717, 1.165) is 42.8 Å². The summed E-state index contributed by atoms with van der Waals surface area (Å²) in [5.41, 5.74) is 0.267. The largest absolute Gasteiger partial charge is 0.416 e. The summed E-state index contributed by atoms with van der Waals surface area (Å²) in [6.07, 6.45) is -1.03. The third-order valence-electron chi connectivity index (χ3n) is 5.19. The topological polar surface area (TPSA) is 69.3 Å². The van der Waals surface area contributed by atoms with Crippen molar-refractivity contribution in [3.05, 3.63) is 78.6 Å². The summed E-state index contributed by atoms with van der Waals surface area (Å²) in [7, 11) is 0. The Hall–Kier alpha value is -3.79. The van der Waals surface area contributed by atoms with Gasteiger partial charge in [-0.15, -0.1) is 0 Å². The van der Waals surface area contributed by atoms with Crippen LogP contribution in [0.4, 0.5) is 29.3 Å². The second-order valence-electron chi connectivity index (χ2n) is 7.29. The van der Waals surface area contributed by atoms with Crippen molar-refractivity contribution in [2.24, 2.45) is 0 Å². The molecule has 3 heterocycles. The van der Waals surface area contributed by atoms with Gasteiger partial charge in [0.1, 0.15) is 12.2 Å². The number of aromatic nitrogens is 2. The third-order valence-corrected chi connectivity index (χ3v) is 6.28. The van der Waals surface area contributed by atoms with Crippen LogP contribution in [0, 0.1) is 0 Å². The van der Waals surface area contributed by atoms with E-state index in [4.69, 9.17) is 0 Å². The lowest BCUT2D eigenvalue weighted by molar-refractivity contribution is -0.137. The molecule has 1 N–H and O–H groups in total. The van der Waals surface area contributed by atoms with E-state index >= 15 is 0 Å². The Kier molecular flexibility index (Phi) is 5.09. The standard InChI is InChI=1S/C23H15F3N4O2S/c24-23(25,26)14-2-1-3-16(12-14)29-13-20(31)30(22(29)32)15-4-6-17(7-5-15)33-19-9-11-28-21-18(19)8-10-27-21/h1-12H,13H2,(H,27,28). The van der Waals surface area contributed by atoms with Gasteiger partial charge >= 0.3 is 12.2 Å². The molecule has 1 aliphatic rings. The molecule has 2 aromatic carbocycles. The average Bonchev–Trinajstić information content (AvgIpc) is 3.39. The van der Waals surface area contributed by atoms with Crippen LogP contribution in [-0.2, 0) is 11.0 Å². The number of benzene rings is 2. The summed E-state index contributed by atoms with van der Waals surface area (Å²) < 4.78 is 39.1. The van der Waals surface area contributed by atoms with Crippen LogP contribution in [0.2, 0.25) is 0 Å². The molecule has 4 aromatic rings. The van der Waals surface area contributed by atoms with E-state index in [1.54, 1.807) is 30.5 Å². The van der Waals surface area contributed by atoms with Crippen molar-refractivity contribution in [3.8, 4) is 0 Å². The van der Waals surface area contributed by atoms with Crippen molar-refractivity contribution in [2.75, 3.05) is 16.3 Å². The van der Waals surface area contributed by atoms with Gasteiger partial charge in [0.25, 0.3) is 5.91 Å². The van der Waals surface area contributed by atoms with Gasteiger partial charge in [-0.3, -0.25) is 9.69 Å². The van der Waals surface area contributed by atoms with Crippen molar-refractivity contribution in [1.29, 1.82) is 0 Å². The first kappa shape index (κ1) is 21.1. The molecule has 2 aromatic heterocycles. The highest BCUT2D eigenvalue weighted by Crippen LogP contribution is 2.35. The highest BCUT2D eigenvalue weighted by Gasteiger charge is 2.39. The first-order valence-electron chi connectivity index (χ1n) is 9.83. The third kappa shape index (κ3) is 3.93. The zero-order chi connectivity index (χ0) is 23.2. The van der Waals surface area contributed by atoms with Gasteiger partial charge in [0.05, 0.1) is 11.3 Å². The van der Waals surface area contributed by atoms with E-state index < -0.39 is 23.7 Å². The van der Waals surface area contributed by atoms with E-state index in [1.165, 1.54) is 23.9 Å². The molecule has 1 aliphatic heterocycles. The van der Waals surface area contributed by atoms with E-state index in [0.29, 0.717) is 5.69 Å². The van der Waals surface area contributed by atoms with E-state index in [-0.39, 0.29) is 12.2 Å². The number of pyridine rings is 1. The number of aromatic amines is 1. The van der Waals surface area contributed by atoms with Crippen molar-refractivity contribution >= 4 is 46.1 Å². The fourth-order valence-electron chi connectivity index (χ4n) is 3.62. The molecular formula is C23H15F3N4O2S. The summed E-state index contributed by atoms with van der Waals surface area (Å²) in [5, 5.41) is 0.980. The predicted molar refractivity (Wildman–Crippen MR) is 118 cm³/mol. The number of carbonyl (C=O) groups excluding carboxylic acids is 2. The molecule has 0 atom stereocenters. The van der Waals surface area contributed by atoms with Crippen LogP contribution >= 0.6 is 11.8 Å². The molecule has 3 amide bonds. The summed E-state index contributed by atoms with van der Waals surface area (Å²) in [6, 6.07) is 14.4. The summed E-state index contributed by atoms with van der Waals surface area (Å²) in [6.45, 7) is -0.334. The van der Waals surface area contributed by atoms with Crippen LogP contribution in [0.25, 0.3) is 11.0 Å². The first-order valence-corrected chi connectivity index (χ1v) is 10.6. The molecule has 0 spiro atoms. The minimum atomic E-state index is -4.54. The van der Waals surface area contributed by atoms with Crippen molar-refractivity contribution in [1.82, 2.24) is 9.97 Å². The van der Waals surface area contributed by atoms with E-state index in [1.807, 2.05) is 18.3 Å². The molecule has 0 aliphatic carbocycles. The van der Waals surface area contributed by atoms with Gasteiger partial charge in [-0.05, 0) is 54.6 Å².